The first-order chi connectivity index (χ1) is 10.3. The van der Waals surface area contributed by atoms with Crippen molar-refractivity contribution in [1.82, 2.24) is 9.80 Å². The van der Waals surface area contributed by atoms with Gasteiger partial charge >= 0.3 is 0 Å². The first-order valence-electron chi connectivity index (χ1n) is 8.23. The van der Waals surface area contributed by atoms with E-state index in [-0.39, 0.29) is 6.04 Å². The molecule has 0 aromatic heterocycles. The molecule has 1 aromatic rings. The van der Waals surface area contributed by atoms with Crippen LogP contribution in [0.3, 0.4) is 0 Å². The molecule has 2 heterocycles. The second-order valence-electron chi connectivity index (χ2n) is 6.57. The van der Waals surface area contributed by atoms with Crippen LogP contribution >= 0.6 is 0 Å². The van der Waals surface area contributed by atoms with E-state index in [0.717, 1.165) is 32.7 Å². The molecule has 1 aromatic carbocycles. The first-order valence-corrected chi connectivity index (χ1v) is 8.23. The molecule has 3 unspecified atom stereocenters. The first kappa shape index (κ1) is 13.7. The van der Waals surface area contributed by atoms with Gasteiger partial charge in [-0.15, -0.1) is 0 Å². The molecule has 4 nitrogen and oxygen atoms in total. The number of rotatable bonds is 2. The van der Waals surface area contributed by atoms with Crippen molar-refractivity contribution in [3.63, 3.8) is 0 Å². The predicted octanol–water partition coefficient (Wildman–Crippen LogP) is 1.54. The maximum atomic E-state index is 6.33. The lowest BCUT2D eigenvalue weighted by molar-refractivity contribution is 0.0175. The average Bonchev–Trinajstić information content (AvgIpc) is 3.14. The third-order valence-corrected chi connectivity index (χ3v) is 5.43. The fourth-order valence-electron chi connectivity index (χ4n) is 4.28. The summed E-state index contributed by atoms with van der Waals surface area (Å²) in [6.07, 6.45) is 2.36. The van der Waals surface area contributed by atoms with Gasteiger partial charge in [0.2, 0.25) is 0 Å². The highest BCUT2D eigenvalue weighted by Crippen LogP contribution is 2.42. The lowest BCUT2D eigenvalue weighted by Gasteiger charge is -2.33. The van der Waals surface area contributed by atoms with E-state index in [0.29, 0.717) is 12.1 Å². The molecule has 2 aliphatic heterocycles. The molecule has 21 heavy (non-hydrogen) atoms. The minimum atomic E-state index is 0.216. The summed E-state index contributed by atoms with van der Waals surface area (Å²) in [5.41, 5.74) is 9.15. The van der Waals surface area contributed by atoms with Crippen molar-refractivity contribution in [3.8, 4) is 0 Å². The molecule has 0 bridgehead atoms. The van der Waals surface area contributed by atoms with E-state index in [2.05, 4.69) is 34.1 Å². The number of nitrogens with two attached hydrogens (primary N) is 1. The largest absolute Gasteiger partial charge is 0.379 e. The van der Waals surface area contributed by atoms with Crippen molar-refractivity contribution in [2.45, 2.75) is 31.0 Å². The van der Waals surface area contributed by atoms with Gasteiger partial charge in [0.25, 0.3) is 0 Å². The van der Waals surface area contributed by atoms with Crippen LogP contribution in [0.25, 0.3) is 0 Å². The third-order valence-electron chi connectivity index (χ3n) is 5.43. The molecule has 4 rings (SSSR count). The van der Waals surface area contributed by atoms with Gasteiger partial charge in [-0.1, -0.05) is 24.3 Å². The van der Waals surface area contributed by atoms with Gasteiger partial charge in [0.15, 0.2) is 0 Å². The topological polar surface area (TPSA) is 41.7 Å². The quantitative estimate of drug-likeness (QED) is 0.896. The summed E-state index contributed by atoms with van der Waals surface area (Å²) in [6.45, 7) is 6.37. The standard InChI is InChI=1S/C17H25N3O/c18-16-11-17(15-4-2-1-3-14(15)16)20-6-5-13(12-20)19-7-9-21-10-8-19/h1-4,13,16-17H,5-12,18H2. The van der Waals surface area contributed by atoms with E-state index >= 15 is 0 Å². The molecule has 114 valence electrons. The van der Waals surface area contributed by atoms with Crippen LogP contribution in [-0.4, -0.2) is 55.2 Å². The van der Waals surface area contributed by atoms with Crippen LogP contribution < -0.4 is 5.73 Å². The van der Waals surface area contributed by atoms with Crippen molar-refractivity contribution in [2.75, 3.05) is 39.4 Å². The molecular weight excluding hydrogens is 262 g/mol. The van der Waals surface area contributed by atoms with Gasteiger partial charge in [0, 0.05) is 44.3 Å². The summed E-state index contributed by atoms with van der Waals surface area (Å²) in [6, 6.07) is 10.2. The minimum Gasteiger partial charge on any atom is -0.379 e. The van der Waals surface area contributed by atoms with Crippen molar-refractivity contribution >= 4 is 0 Å². The number of nitrogens with zero attached hydrogens (tertiary/aromatic N) is 2. The van der Waals surface area contributed by atoms with Crippen molar-refractivity contribution in [1.29, 1.82) is 0 Å². The summed E-state index contributed by atoms with van der Waals surface area (Å²) >= 11 is 0. The van der Waals surface area contributed by atoms with Gasteiger partial charge < -0.3 is 10.5 Å². The number of hydrogen-bond donors (Lipinski definition) is 1. The Kier molecular flexibility index (Phi) is 3.71. The second kappa shape index (κ2) is 5.69. The van der Waals surface area contributed by atoms with Crippen LogP contribution in [0, 0.1) is 0 Å². The van der Waals surface area contributed by atoms with Crippen LogP contribution in [0.2, 0.25) is 0 Å². The Hall–Kier alpha value is -0.940. The second-order valence-corrected chi connectivity index (χ2v) is 6.57. The Bertz CT molecular complexity index is 501. The van der Waals surface area contributed by atoms with Crippen LogP contribution in [0.1, 0.15) is 36.1 Å². The maximum Gasteiger partial charge on any atom is 0.0594 e. The molecule has 2 fully saturated rings. The summed E-state index contributed by atoms with van der Waals surface area (Å²) in [4.78, 5) is 5.27. The highest BCUT2D eigenvalue weighted by Gasteiger charge is 2.37. The summed E-state index contributed by atoms with van der Waals surface area (Å²) in [5, 5.41) is 0. The number of fused-ring (bicyclic) bond motifs is 1. The molecule has 0 saturated carbocycles. The van der Waals surface area contributed by atoms with Gasteiger partial charge in [-0.2, -0.15) is 0 Å². The molecule has 0 spiro atoms. The zero-order valence-corrected chi connectivity index (χ0v) is 12.6. The summed E-state index contributed by atoms with van der Waals surface area (Å²) < 4.78 is 5.47. The average molecular weight is 287 g/mol. The van der Waals surface area contributed by atoms with Crippen LogP contribution in [0.15, 0.2) is 24.3 Å². The van der Waals surface area contributed by atoms with Gasteiger partial charge in [0.1, 0.15) is 0 Å². The molecule has 2 N–H and O–H groups in total. The van der Waals surface area contributed by atoms with E-state index in [9.17, 15) is 0 Å². The molecule has 0 radical (unpaired) electrons. The highest BCUT2D eigenvalue weighted by atomic mass is 16.5. The van der Waals surface area contributed by atoms with Crippen LogP contribution in [0.4, 0.5) is 0 Å². The Morgan fingerprint density at radius 1 is 1.00 bits per heavy atom. The van der Waals surface area contributed by atoms with E-state index in [1.54, 1.807) is 0 Å². The lowest BCUT2D eigenvalue weighted by Crippen LogP contribution is -2.44. The van der Waals surface area contributed by atoms with Gasteiger partial charge in [-0.05, 0) is 24.0 Å². The van der Waals surface area contributed by atoms with Gasteiger partial charge in [-0.25, -0.2) is 0 Å². The van der Waals surface area contributed by atoms with Gasteiger partial charge in [0.05, 0.1) is 13.2 Å². The van der Waals surface area contributed by atoms with Gasteiger partial charge in [-0.3, -0.25) is 9.80 Å². The summed E-state index contributed by atoms with van der Waals surface area (Å²) in [7, 11) is 0. The molecule has 0 amide bonds. The molecule has 3 aliphatic rings. The highest BCUT2D eigenvalue weighted by molar-refractivity contribution is 5.37. The Balaban J connectivity index is 1.46. The van der Waals surface area contributed by atoms with E-state index < -0.39 is 0 Å². The smallest absolute Gasteiger partial charge is 0.0594 e. The Morgan fingerprint density at radius 3 is 2.57 bits per heavy atom. The van der Waals surface area contributed by atoms with E-state index in [1.165, 1.54) is 30.6 Å². The fraction of sp³-hybridized carbons (Fsp3) is 0.647. The Morgan fingerprint density at radius 2 is 1.76 bits per heavy atom. The van der Waals surface area contributed by atoms with Crippen LogP contribution in [-0.2, 0) is 4.74 Å². The fourth-order valence-corrected chi connectivity index (χ4v) is 4.28. The minimum absolute atomic E-state index is 0.216. The van der Waals surface area contributed by atoms with Crippen molar-refractivity contribution in [2.24, 2.45) is 5.73 Å². The third kappa shape index (κ3) is 2.50. The molecular formula is C17H25N3O. The molecule has 2 saturated heterocycles. The van der Waals surface area contributed by atoms with Crippen molar-refractivity contribution < 1.29 is 4.74 Å². The monoisotopic (exact) mass is 287 g/mol. The van der Waals surface area contributed by atoms with Crippen LogP contribution in [0.5, 0.6) is 0 Å². The summed E-state index contributed by atoms with van der Waals surface area (Å²) in [5.74, 6) is 0. The zero-order chi connectivity index (χ0) is 14.2. The number of benzene rings is 1. The number of hydrogen-bond acceptors (Lipinski definition) is 4. The SMILES string of the molecule is NC1CC(N2CCC(N3CCOCC3)C2)c2ccccc21. The zero-order valence-electron chi connectivity index (χ0n) is 12.6. The molecule has 3 atom stereocenters. The predicted molar refractivity (Wildman–Crippen MR) is 83.1 cm³/mol. The van der Waals surface area contributed by atoms with E-state index in [4.69, 9.17) is 10.5 Å². The number of ether oxygens (including phenoxy) is 1. The Labute approximate surface area is 126 Å². The normalized spacial score (nSPS) is 34.2. The molecule has 4 heteroatoms. The number of morpholine rings is 1. The lowest BCUT2D eigenvalue weighted by atomic mass is 10.1. The number of likely N-dealkylation sites (tertiary alicyclic amines) is 1. The molecule has 1 aliphatic carbocycles. The van der Waals surface area contributed by atoms with Crippen molar-refractivity contribution in [3.05, 3.63) is 35.4 Å². The maximum absolute atomic E-state index is 6.33. The van der Waals surface area contributed by atoms with E-state index in [1.807, 2.05) is 0 Å².